The van der Waals surface area contributed by atoms with Crippen LogP contribution in [0, 0.1) is 5.82 Å². The smallest absolute Gasteiger partial charge is 0.240 e. The van der Waals surface area contributed by atoms with Crippen molar-refractivity contribution in [2.45, 2.75) is 24.9 Å². The second kappa shape index (κ2) is 7.14. The van der Waals surface area contributed by atoms with Gasteiger partial charge < -0.3 is 19.7 Å². The summed E-state index contributed by atoms with van der Waals surface area (Å²) in [7, 11) is 6.30. The van der Waals surface area contributed by atoms with Gasteiger partial charge in [-0.05, 0) is 76.7 Å². The average Bonchev–Trinajstić information content (AvgIpc) is 2.96. The summed E-state index contributed by atoms with van der Waals surface area (Å²) in [5.74, 6) is -0.326. The molecule has 2 heterocycles. The van der Waals surface area contributed by atoms with Crippen LogP contribution >= 0.6 is 0 Å². The van der Waals surface area contributed by atoms with Crippen molar-refractivity contribution in [3.63, 3.8) is 0 Å². The van der Waals surface area contributed by atoms with E-state index in [1.807, 2.05) is 12.3 Å². The first-order valence-electron chi connectivity index (χ1n) is 8.77. The van der Waals surface area contributed by atoms with Crippen LogP contribution < -0.4 is 5.32 Å². The predicted octanol–water partition coefficient (Wildman–Crippen LogP) is 1.92. The van der Waals surface area contributed by atoms with Gasteiger partial charge in [-0.15, -0.1) is 0 Å². The van der Waals surface area contributed by atoms with Gasteiger partial charge in [-0.1, -0.05) is 0 Å². The van der Waals surface area contributed by atoms with Crippen LogP contribution in [0.5, 0.6) is 0 Å². The number of carbonyl (C=O) groups excluding carboxylic acids is 1. The Morgan fingerprint density at radius 1 is 1.28 bits per heavy atom. The molecule has 0 bridgehead atoms. The Hall–Kier alpha value is -1.92. The Morgan fingerprint density at radius 3 is 2.68 bits per heavy atom. The van der Waals surface area contributed by atoms with Gasteiger partial charge in [-0.2, -0.15) is 0 Å². The summed E-state index contributed by atoms with van der Waals surface area (Å²) in [6.07, 6.45) is 3.91. The lowest BCUT2D eigenvalue weighted by atomic mass is 9.86. The summed E-state index contributed by atoms with van der Waals surface area (Å²) in [6, 6.07) is 6.55. The van der Waals surface area contributed by atoms with Crippen LogP contribution in [0.25, 0.3) is 10.9 Å². The Morgan fingerprint density at radius 2 is 2.00 bits per heavy atom. The van der Waals surface area contributed by atoms with Gasteiger partial charge in [0.05, 0.1) is 5.52 Å². The molecule has 1 aromatic carbocycles. The van der Waals surface area contributed by atoms with E-state index in [1.54, 1.807) is 10.6 Å². The van der Waals surface area contributed by atoms with Crippen molar-refractivity contribution in [1.29, 1.82) is 0 Å². The first-order valence-corrected chi connectivity index (χ1v) is 8.77. The molecule has 6 heteroatoms. The molecular formula is C19H27FN4O. The number of nitrogens with zero attached hydrogens (tertiary/aromatic N) is 3. The van der Waals surface area contributed by atoms with E-state index in [1.165, 1.54) is 12.1 Å². The van der Waals surface area contributed by atoms with Crippen molar-refractivity contribution in [3.8, 4) is 0 Å². The van der Waals surface area contributed by atoms with Gasteiger partial charge in [0.2, 0.25) is 5.91 Å². The van der Waals surface area contributed by atoms with Gasteiger partial charge >= 0.3 is 0 Å². The highest BCUT2D eigenvalue weighted by molar-refractivity contribution is 5.83. The molecule has 1 aromatic heterocycles. The standard InChI is InChI=1S/C19H27FN4O/c1-22(2)19(7-10-23(3)11-8-19)14-21-18(25)13-24-9-6-15-4-5-16(20)12-17(15)24/h4-6,9,12H,7-8,10-11,13-14H2,1-3H3,(H,21,25). The van der Waals surface area contributed by atoms with Gasteiger partial charge in [0.1, 0.15) is 12.4 Å². The van der Waals surface area contributed by atoms with E-state index in [0.717, 1.165) is 36.8 Å². The van der Waals surface area contributed by atoms with Crippen LogP contribution in [0.2, 0.25) is 0 Å². The predicted molar refractivity (Wildman–Crippen MR) is 98.1 cm³/mol. The van der Waals surface area contributed by atoms with Gasteiger partial charge in [0.25, 0.3) is 0 Å². The highest BCUT2D eigenvalue weighted by Crippen LogP contribution is 2.26. The molecule has 1 amide bonds. The van der Waals surface area contributed by atoms with Gasteiger partial charge in [-0.3, -0.25) is 4.79 Å². The van der Waals surface area contributed by atoms with E-state index >= 15 is 0 Å². The zero-order chi connectivity index (χ0) is 18.0. The lowest BCUT2D eigenvalue weighted by Gasteiger charge is -2.45. The maximum atomic E-state index is 13.5. The van der Waals surface area contributed by atoms with E-state index in [0.29, 0.717) is 6.54 Å². The molecule has 2 aromatic rings. The van der Waals surface area contributed by atoms with Crippen molar-refractivity contribution >= 4 is 16.8 Å². The van der Waals surface area contributed by atoms with Crippen molar-refractivity contribution in [2.24, 2.45) is 0 Å². The topological polar surface area (TPSA) is 40.5 Å². The van der Waals surface area contributed by atoms with E-state index in [2.05, 4.69) is 36.3 Å². The lowest BCUT2D eigenvalue weighted by molar-refractivity contribution is -0.122. The van der Waals surface area contributed by atoms with Crippen molar-refractivity contribution in [3.05, 3.63) is 36.3 Å². The minimum atomic E-state index is -0.286. The molecule has 3 rings (SSSR count). The lowest BCUT2D eigenvalue weighted by Crippen LogP contribution is -2.58. The zero-order valence-corrected chi connectivity index (χ0v) is 15.3. The summed E-state index contributed by atoms with van der Waals surface area (Å²) in [6.45, 7) is 2.92. The van der Waals surface area contributed by atoms with Gasteiger partial charge in [0.15, 0.2) is 0 Å². The molecule has 0 saturated carbocycles. The fourth-order valence-electron chi connectivity index (χ4n) is 3.59. The Kier molecular flexibility index (Phi) is 5.11. The molecular weight excluding hydrogens is 319 g/mol. The van der Waals surface area contributed by atoms with Crippen molar-refractivity contribution in [2.75, 3.05) is 40.8 Å². The van der Waals surface area contributed by atoms with E-state index in [4.69, 9.17) is 0 Å². The summed E-state index contributed by atoms with van der Waals surface area (Å²) in [5.41, 5.74) is 0.754. The number of amides is 1. The van der Waals surface area contributed by atoms with Crippen LogP contribution in [0.4, 0.5) is 4.39 Å². The van der Waals surface area contributed by atoms with Gasteiger partial charge in [-0.25, -0.2) is 4.39 Å². The molecule has 0 aliphatic carbocycles. The number of likely N-dealkylation sites (N-methyl/N-ethyl adjacent to an activating group) is 1. The minimum Gasteiger partial charge on any atom is -0.353 e. The number of likely N-dealkylation sites (tertiary alicyclic amines) is 1. The molecule has 5 nitrogen and oxygen atoms in total. The third-order valence-electron chi connectivity index (χ3n) is 5.53. The van der Waals surface area contributed by atoms with E-state index < -0.39 is 0 Å². The number of nitrogens with one attached hydrogen (secondary N) is 1. The highest BCUT2D eigenvalue weighted by Gasteiger charge is 2.35. The number of fused-ring (bicyclic) bond motifs is 1. The van der Waals surface area contributed by atoms with E-state index in [-0.39, 0.29) is 23.8 Å². The summed E-state index contributed by atoms with van der Waals surface area (Å²) in [4.78, 5) is 17.0. The second-order valence-electron chi connectivity index (χ2n) is 7.35. The Bertz CT molecular complexity index is 747. The number of aromatic nitrogens is 1. The molecule has 25 heavy (non-hydrogen) atoms. The van der Waals surface area contributed by atoms with Crippen LogP contribution in [0.3, 0.4) is 0 Å². The number of benzene rings is 1. The van der Waals surface area contributed by atoms with Crippen LogP contribution in [0.1, 0.15) is 12.8 Å². The molecule has 0 unspecified atom stereocenters. The number of carbonyl (C=O) groups is 1. The molecule has 1 aliphatic heterocycles. The number of rotatable bonds is 5. The maximum Gasteiger partial charge on any atom is 0.240 e. The normalized spacial score (nSPS) is 18.0. The summed E-state index contributed by atoms with van der Waals surface area (Å²) < 4.78 is 15.3. The fourth-order valence-corrected chi connectivity index (χ4v) is 3.59. The molecule has 0 spiro atoms. The first-order chi connectivity index (χ1) is 11.9. The summed E-state index contributed by atoms with van der Waals surface area (Å²) in [5, 5.41) is 4.03. The number of hydrogen-bond donors (Lipinski definition) is 1. The average molecular weight is 346 g/mol. The quantitative estimate of drug-likeness (QED) is 0.899. The molecule has 136 valence electrons. The minimum absolute atomic E-state index is 0.00698. The summed E-state index contributed by atoms with van der Waals surface area (Å²) >= 11 is 0. The largest absolute Gasteiger partial charge is 0.353 e. The van der Waals surface area contributed by atoms with E-state index in [9.17, 15) is 9.18 Å². The van der Waals surface area contributed by atoms with Crippen LogP contribution in [0.15, 0.2) is 30.5 Å². The highest BCUT2D eigenvalue weighted by atomic mass is 19.1. The van der Waals surface area contributed by atoms with Crippen LogP contribution in [-0.4, -0.2) is 66.6 Å². The zero-order valence-electron chi connectivity index (χ0n) is 15.3. The molecule has 1 saturated heterocycles. The first kappa shape index (κ1) is 17.9. The molecule has 1 N–H and O–H groups in total. The van der Waals surface area contributed by atoms with Crippen molar-refractivity contribution < 1.29 is 9.18 Å². The third kappa shape index (κ3) is 3.85. The maximum absolute atomic E-state index is 13.5. The Labute approximate surface area is 148 Å². The second-order valence-corrected chi connectivity index (χ2v) is 7.35. The molecule has 0 radical (unpaired) electrons. The Balaban J connectivity index is 1.64. The third-order valence-corrected chi connectivity index (χ3v) is 5.53. The molecule has 1 fully saturated rings. The van der Waals surface area contributed by atoms with Gasteiger partial charge in [0, 0.05) is 18.3 Å². The number of piperidine rings is 1. The number of halogens is 1. The molecule has 1 aliphatic rings. The van der Waals surface area contributed by atoms with Crippen molar-refractivity contribution in [1.82, 2.24) is 19.7 Å². The monoisotopic (exact) mass is 346 g/mol. The molecule has 0 atom stereocenters. The van der Waals surface area contributed by atoms with Crippen LogP contribution in [-0.2, 0) is 11.3 Å². The fraction of sp³-hybridized carbons (Fsp3) is 0.526. The number of hydrogen-bond acceptors (Lipinski definition) is 3. The SMILES string of the molecule is CN1CCC(CNC(=O)Cn2ccc3ccc(F)cc32)(N(C)C)CC1.